The Morgan fingerprint density at radius 1 is 1.33 bits per heavy atom. The van der Waals surface area contributed by atoms with Crippen molar-refractivity contribution in [1.29, 1.82) is 0 Å². The summed E-state index contributed by atoms with van der Waals surface area (Å²) in [5.74, 6) is 0.783. The number of carbonyl (C=O) groups excluding carboxylic acids is 2. The van der Waals surface area contributed by atoms with Crippen LogP contribution in [0.2, 0.25) is 0 Å². The summed E-state index contributed by atoms with van der Waals surface area (Å²) in [5, 5.41) is 12.9. The normalized spacial score (nSPS) is 25.5. The first kappa shape index (κ1) is 17.0. The van der Waals surface area contributed by atoms with Crippen molar-refractivity contribution in [3.8, 4) is 0 Å². The highest BCUT2D eigenvalue weighted by Crippen LogP contribution is 2.33. The van der Waals surface area contributed by atoms with Crippen molar-refractivity contribution >= 4 is 11.8 Å². The van der Waals surface area contributed by atoms with Gasteiger partial charge in [0.1, 0.15) is 0 Å². The van der Waals surface area contributed by atoms with E-state index in [2.05, 4.69) is 27.8 Å². The van der Waals surface area contributed by atoms with Gasteiger partial charge in [0.25, 0.3) is 5.91 Å². The van der Waals surface area contributed by atoms with Crippen LogP contribution in [0.15, 0.2) is 0 Å². The second kappa shape index (κ2) is 7.34. The van der Waals surface area contributed by atoms with Crippen LogP contribution in [0.3, 0.4) is 0 Å². The Kier molecular flexibility index (Phi) is 5.18. The molecular weight excluding hydrogens is 308 g/mol. The van der Waals surface area contributed by atoms with Crippen molar-refractivity contribution in [2.24, 2.45) is 11.8 Å². The zero-order valence-corrected chi connectivity index (χ0v) is 14.4. The lowest BCUT2D eigenvalue weighted by molar-refractivity contribution is -0.129. The number of aromatic amines is 1. The van der Waals surface area contributed by atoms with Gasteiger partial charge in [0.2, 0.25) is 5.91 Å². The number of H-pyrrole nitrogens is 1. The van der Waals surface area contributed by atoms with Gasteiger partial charge in [-0.15, -0.1) is 0 Å². The minimum absolute atomic E-state index is 0.116. The van der Waals surface area contributed by atoms with Crippen molar-refractivity contribution in [2.75, 3.05) is 13.1 Å². The van der Waals surface area contributed by atoms with Crippen molar-refractivity contribution in [1.82, 2.24) is 20.8 Å². The molecule has 0 aromatic carbocycles. The molecule has 0 spiro atoms. The van der Waals surface area contributed by atoms with E-state index < -0.39 is 0 Å². The van der Waals surface area contributed by atoms with Crippen LogP contribution in [0.1, 0.15) is 54.9 Å². The van der Waals surface area contributed by atoms with Gasteiger partial charge in [-0.05, 0) is 25.2 Å². The fourth-order valence-electron chi connectivity index (χ4n) is 3.34. The smallest absolute Gasteiger partial charge is 0.272 e. The molecule has 132 valence electrons. The number of amides is 2. The second-order valence-electron chi connectivity index (χ2n) is 6.94. The predicted molar refractivity (Wildman–Crippen MR) is 88.4 cm³/mol. The highest BCUT2D eigenvalue weighted by atomic mass is 16.5. The Hall–Kier alpha value is -1.89. The molecule has 1 aliphatic carbocycles. The molecule has 2 amide bonds. The van der Waals surface area contributed by atoms with Crippen LogP contribution in [0.25, 0.3) is 0 Å². The van der Waals surface area contributed by atoms with E-state index in [1.807, 2.05) is 6.92 Å². The lowest BCUT2D eigenvalue weighted by atomic mass is 9.75. The van der Waals surface area contributed by atoms with Crippen molar-refractivity contribution in [2.45, 2.75) is 52.2 Å². The molecule has 1 fully saturated rings. The Bertz CT molecular complexity index is 607. The van der Waals surface area contributed by atoms with Gasteiger partial charge in [0, 0.05) is 31.0 Å². The molecule has 0 radical (unpaired) electrons. The number of aromatic nitrogens is 2. The van der Waals surface area contributed by atoms with E-state index in [0.717, 1.165) is 30.5 Å². The van der Waals surface area contributed by atoms with Gasteiger partial charge >= 0.3 is 0 Å². The summed E-state index contributed by atoms with van der Waals surface area (Å²) < 4.78 is 5.76. The number of hydrogen-bond acceptors (Lipinski definition) is 4. The summed E-state index contributed by atoms with van der Waals surface area (Å²) in [6, 6.07) is 0. The number of fused-ring (bicyclic) bond motifs is 1. The maximum Gasteiger partial charge on any atom is 0.272 e. The molecule has 1 unspecified atom stereocenters. The molecule has 1 atom stereocenters. The van der Waals surface area contributed by atoms with E-state index in [-0.39, 0.29) is 23.8 Å². The third kappa shape index (κ3) is 3.61. The molecule has 0 bridgehead atoms. The molecule has 1 aliphatic heterocycles. The maximum absolute atomic E-state index is 12.2. The van der Waals surface area contributed by atoms with Gasteiger partial charge in [0.15, 0.2) is 5.69 Å². The fourth-order valence-corrected chi connectivity index (χ4v) is 3.34. The first-order chi connectivity index (χ1) is 11.6. The number of nitrogens with one attached hydrogen (secondary N) is 3. The van der Waals surface area contributed by atoms with Gasteiger partial charge in [-0.1, -0.05) is 13.8 Å². The van der Waals surface area contributed by atoms with Crippen LogP contribution in [0, 0.1) is 11.8 Å². The average molecular weight is 334 g/mol. The van der Waals surface area contributed by atoms with E-state index in [4.69, 9.17) is 4.74 Å². The molecule has 1 aromatic heterocycles. The molecule has 2 heterocycles. The van der Waals surface area contributed by atoms with Crippen molar-refractivity contribution < 1.29 is 14.3 Å². The molecule has 7 heteroatoms. The van der Waals surface area contributed by atoms with Crippen LogP contribution in [-0.2, 0) is 22.6 Å². The van der Waals surface area contributed by atoms with E-state index in [1.165, 1.54) is 0 Å². The van der Waals surface area contributed by atoms with E-state index in [1.54, 1.807) is 0 Å². The average Bonchev–Trinajstić information content (AvgIpc) is 2.98. The van der Waals surface area contributed by atoms with E-state index >= 15 is 0 Å². The highest BCUT2D eigenvalue weighted by Gasteiger charge is 2.32. The van der Waals surface area contributed by atoms with Gasteiger partial charge in [-0.25, -0.2) is 0 Å². The number of carbonyl (C=O) groups is 2. The Balaban J connectivity index is 1.54. The first-order valence-electron chi connectivity index (χ1n) is 8.82. The highest BCUT2D eigenvalue weighted by molar-refractivity contribution is 5.94. The lowest BCUT2D eigenvalue weighted by Gasteiger charge is -2.32. The third-order valence-corrected chi connectivity index (χ3v) is 4.85. The standard InChI is InChI=1S/C17H26N4O3/c1-3-4-18-17(23)15-13-7-12(24-9-14(13)20-21-15)8-19-16(22)11-5-10(2)6-11/h10-12H,3-9H2,1-2H3,(H,18,23)(H,19,22)(H,20,21). The summed E-state index contributed by atoms with van der Waals surface area (Å²) in [4.78, 5) is 24.2. The number of ether oxygens (including phenoxy) is 1. The SMILES string of the molecule is CCCNC(=O)c1n[nH]c2c1CC(CNC(=O)C1CC(C)C1)OC2. The minimum atomic E-state index is -0.150. The first-order valence-corrected chi connectivity index (χ1v) is 8.82. The van der Waals surface area contributed by atoms with Crippen molar-refractivity contribution in [3.05, 3.63) is 17.0 Å². The van der Waals surface area contributed by atoms with Gasteiger partial charge in [-0.2, -0.15) is 5.10 Å². The molecule has 2 aliphatic rings. The number of hydrogen-bond donors (Lipinski definition) is 3. The van der Waals surface area contributed by atoms with Crippen LogP contribution in [0.5, 0.6) is 0 Å². The number of nitrogens with zero attached hydrogens (tertiary/aromatic N) is 1. The predicted octanol–water partition coefficient (Wildman–Crippen LogP) is 1.15. The molecular formula is C17H26N4O3. The molecule has 7 nitrogen and oxygen atoms in total. The molecule has 24 heavy (non-hydrogen) atoms. The van der Waals surface area contributed by atoms with Gasteiger partial charge < -0.3 is 15.4 Å². The monoisotopic (exact) mass is 334 g/mol. The maximum atomic E-state index is 12.2. The van der Waals surface area contributed by atoms with Crippen LogP contribution < -0.4 is 10.6 Å². The quantitative estimate of drug-likeness (QED) is 0.727. The van der Waals surface area contributed by atoms with E-state index in [0.29, 0.717) is 37.7 Å². The fraction of sp³-hybridized carbons (Fsp3) is 0.706. The lowest BCUT2D eigenvalue weighted by Crippen LogP contribution is -2.43. The van der Waals surface area contributed by atoms with Crippen LogP contribution in [0.4, 0.5) is 0 Å². The zero-order valence-electron chi connectivity index (χ0n) is 14.4. The minimum Gasteiger partial charge on any atom is -0.370 e. The zero-order chi connectivity index (χ0) is 17.1. The van der Waals surface area contributed by atoms with Crippen molar-refractivity contribution in [3.63, 3.8) is 0 Å². The van der Waals surface area contributed by atoms with Gasteiger partial charge in [-0.3, -0.25) is 14.7 Å². The van der Waals surface area contributed by atoms with Crippen LogP contribution >= 0.6 is 0 Å². The molecule has 3 N–H and O–H groups in total. The largest absolute Gasteiger partial charge is 0.370 e. The number of rotatable bonds is 6. The Morgan fingerprint density at radius 3 is 2.83 bits per heavy atom. The Morgan fingerprint density at radius 2 is 2.12 bits per heavy atom. The molecule has 1 aromatic rings. The summed E-state index contributed by atoms with van der Waals surface area (Å²) in [6.07, 6.45) is 3.31. The molecule has 0 saturated heterocycles. The Labute approximate surface area is 141 Å². The second-order valence-corrected chi connectivity index (χ2v) is 6.94. The third-order valence-electron chi connectivity index (χ3n) is 4.85. The van der Waals surface area contributed by atoms with Crippen LogP contribution in [-0.4, -0.2) is 41.2 Å². The molecule has 1 saturated carbocycles. The summed E-state index contributed by atoms with van der Waals surface area (Å²) >= 11 is 0. The topological polar surface area (TPSA) is 96.1 Å². The summed E-state index contributed by atoms with van der Waals surface area (Å²) in [5.41, 5.74) is 2.21. The summed E-state index contributed by atoms with van der Waals surface area (Å²) in [7, 11) is 0. The van der Waals surface area contributed by atoms with E-state index in [9.17, 15) is 9.59 Å². The summed E-state index contributed by atoms with van der Waals surface area (Å²) in [6.45, 7) is 5.68. The van der Waals surface area contributed by atoms with Gasteiger partial charge in [0.05, 0.1) is 18.4 Å². The molecule has 3 rings (SSSR count).